The Hall–Kier alpha value is -1.48. The number of nitrogens with zero attached hydrogens (tertiary/aromatic N) is 1. The lowest BCUT2D eigenvalue weighted by molar-refractivity contribution is -0.123. The van der Waals surface area contributed by atoms with Crippen LogP contribution in [0.25, 0.3) is 10.9 Å². The van der Waals surface area contributed by atoms with E-state index in [0.717, 1.165) is 10.9 Å². The molecule has 1 atom stereocenters. The first-order valence-corrected chi connectivity index (χ1v) is 6.05. The highest BCUT2D eigenvalue weighted by atomic mass is 35.5. The highest BCUT2D eigenvalue weighted by molar-refractivity contribution is 6.35. The Morgan fingerprint density at radius 2 is 2.24 bits per heavy atom. The molecular weight excluding hydrogens is 236 g/mol. The number of likely N-dealkylation sites (N-methyl/N-ethyl adjacent to an activating group) is 1. The average molecular weight is 251 g/mol. The summed E-state index contributed by atoms with van der Waals surface area (Å²) < 4.78 is 1.94. The molecule has 0 saturated carbocycles. The molecule has 1 unspecified atom stereocenters. The number of fused-ring (bicyclic) bond motifs is 1. The molecule has 1 N–H and O–H groups in total. The molecular formula is C13H15ClN2O. The Balaban J connectivity index is 2.42. The Bertz CT molecular complexity index is 547. The molecule has 0 spiro atoms. The molecule has 3 nitrogen and oxygen atoms in total. The van der Waals surface area contributed by atoms with Crippen LogP contribution >= 0.6 is 11.6 Å². The van der Waals surface area contributed by atoms with Crippen LogP contribution in [0.1, 0.15) is 19.9 Å². The van der Waals surface area contributed by atoms with E-state index in [2.05, 4.69) is 5.32 Å². The van der Waals surface area contributed by atoms with Gasteiger partial charge in [0.1, 0.15) is 6.04 Å². The van der Waals surface area contributed by atoms with Gasteiger partial charge in [0.15, 0.2) is 0 Å². The summed E-state index contributed by atoms with van der Waals surface area (Å²) in [6.07, 6.45) is 1.90. The molecule has 0 radical (unpaired) electrons. The maximum absolute atomic E-state index is 11.8. The van der Waals surface area contributed by atoms with Crippen LogP contribution in [-0.4, -0.2) is 17.0 Å². The van der Waals surface area contributed by atoms with Gasteiger partial charge in [-0.1, -0.05) is 17.7 Å². The lowest BCUT2D eigenvalue weighted by Gasteiger charge is -2.14. The first-order chi connectivity index (χ1) is 8.15. The summed E-state index contributed by atoms with van der Waals surface area (Å²) in [5.41, 5.74) is 0.983. The lowest BCUT2D eigenvalue weighted by Crippen LogP contribution is -2.30. The summed E-state index contributed by atoms with van der Waals surface area (Å²) in [6.45, 7) is 4.43. The molecule has 1 aromatic carbocycles. The highest BCUT2D eigenvalue weighted by Crippen LogP contribution is 2.26. The quantitative estimate of drug-likeness (QED) is 0.893. The van der Waals surface area contributed by atoms with Crippen LogP contribution in [0.15, 0.2) is 30.5 Å². The fraction of sp³-hybridized carbons (Fsp3) is 0.308. The van der Waals surface area contributed by atoms with E-state index >= 15 is 0 Å². The van der Waals surface area contributed by atoms with E-state index in [9.17, 15) is 4.79 Å². The first kappa shape index (κ1) is 12.0. The van der Waals surface area contributed by atoms with Crippen molar-refractivity contribution >= 4 is 28.4 Å². The van der Waals surface area contributed by atoms with Gasteiger partial charge in [-0.15, -0.1) is 0 Å². The lowest BCUT2D eigenvalue weighted by atomic mass is 10.2. The third kappa shape index (κ3) is 2.15. The van der Waals surface area contributed by atoms with Gasteiger partial charge in [-0.2, -0.15) is 0 Å². The summed E-state index contributed by atoms with van der Waals surface area (Å²) in [5, 5.41) is 4.51. The second-order valence-corrected chi connectivity index (χ2v) is 4.37. The van der Waals surface area contributed by atoms with E-state index in [1.807, 2.05) is 48.9 Å². The fourth-order valence-electron chi connectivity index (χ4n) is 1.94. The molecule has 0 aliphatic rings. The van der Waals surface area contributed by atoms with Crippen LogP contribution in [0.4, 0.5) is 0 Å². The molecule has 0 fully saturated rings. The van der Waals surface area contributed by atoms with Crippen molar-refractivity contribution in [1.29, 1.82) is 0 Å². The number of carbonyl (C=O) groups is 1. The topological polar surface area (TPSA) is 34.0 Å². The summed E-state index contributed by atoms with van der Waals surface area (Å²) >= 11 is 6.10. The van der Waals surface area contributed by atoms with Gasteiger partial charge < -0.3 is 9.88 Å². The third-order valence-electron chi connectivity index (χ3n) is 2.86. The number of rotatable bonds is 3. The van der Waals surface area contributed by atoms with Crippen molar-refractivity contribution in [3.8, 4) is 0 Å². The summed E-state index contributed by atoms with van der Waals surface area (Å²) in [6, 6.07) is 7.42. The predicted molar refractivity (Wildman–Crippen MR) is 70.3 cm³/mol. The molecule has 1 aromatic heterocycles. The second-order valence-electron chi connectivity index (χ2n) is 3.97. The van der Waals surface area contributed by atoms with Crippen LogP contribution in [0, 0.1) is 0 Å². The summed E-state index contributed by atoms with van der Waals surface area (Å²) in [7, 11) is 0. The van der Waals surface area contributed by atoms with Crippen LogP contribution in [0.2, 0.25) is 5.02 Å². The predicted octanol–water partition coefficient (Wildman–Crippen LogP) is 2.99. The molecule has 0 saturated heterocycles. The van der Waals surface area contributed by atoms with Crippen molar-refractivity contribution in [2.75, 3.05) is 6.54 Å². The van der Waals surface area contributed by atoms with E-state index in [1.54, 1.807) is 0 Å². The molecule has 0 aliphatic carbocycles. The van der Waals surface area contributed by atoms with Gasteiger partial charge in [-0.3, -0.25) is 4.79 Å². The standard InChI is InChI=1S/C13H15ClN2O/c1-3-15-13(17)9(2)16-8-7-10-11(14)5-4-6-12(10)16/h4-9H,3H2,1-2H3,(H,15,17). The molecule has 1 amide bonds. The van der Waals surface area contributed by atoms with Gasteiger partial charge in [0, 0.05) is 23.2 Å². The number of benzene rings is 1. The van der Waals surface area contributed by atoms with Gasteiger partial charge in [-0.25, -0.2) is 0 Å². The smallest absolute Gasteiger partial charge is 0.242 e. The number of amides is 1. The van der Waals surface area contributed by atoms with Crippen molar-refractivity contribution in [1.82, 2.24) is 9.88 Å². The minimum absolute atomic E-state index is 0.0185. The maximum Gasteiger partial charge on any atom is 0.242 e. The van der Waals surface area contributed by atoms with E-state index in [1.165, 1.54) is 0 Å². The number of nitrogens with one attached hydrogen (secondary N) is 1. The van der Waals surface area contributed by atoms with Crippen LogP contribution in [-0.2, 0) is 4.79 Å². The molecule has 90 valence electrons. The molecule has 2 aromatic rings. The first-order valence-electron chi connectivity index (χ1n) is 5.68. The largest absolute Gasteiger partial charge is 0.355 e. The Kier molecular flexibility index (Phi) is 3.38. The summed E-state index contributed by atoms with van der Waals surface area (Å²) in [4.78, 5) is 11.8. The zero-order chi connectivity index (χ0) is 12.4. The van der Waals surface area contributed by atoms with Gasteiger partial charge >= 0.3 is 0 Å². The van der Waals surface area contributed by atoms with E-state index in [-0.39, 0.29) is 11.9 Å². The van der Waals surface area contributed by atoms with Crippen molar-refractivity contribution in [3.05, 3.63) is 35.5 Å². The zero-order valence-corrected chi connectivity index (χ0v) is 10.7. The van der Waals surface area contributed by atoms with Gasteiger partial charge in [0.05, 0.1) is 5.52 Å². The molecule has 17 heavy (non-hydrogen) atoms. The Morgan fingerprint density at radius 1 is 1.47 bits per heavy atom. The average Bonchev–Trinajstić information content (AvgIpc) is 2.73. The molecule has 4 heteroatoms. The molecule has 2 rings (SSSR count). The van der Waals surface area contributed by atoms with Crippen LogP contribution in [0.3, 0.4) is 0 Å². The zero-order valence-electron chi connectivity index (χ0n) is 9.90. The number of hydrogen-bond donors (Lipinski definition) is 1. The SMILES string of the molecule is CCNC(=O)C(C)n1ccc2c(Cl)cccc21. The van der Waals surface area contributed by atoms with Crippen molar-refractivity contribution in [2.24, 2.45) is 0 Å². The highest BCUT2D eigenvalue weighted by Gasteiger charge is 2.15. The molecule has 0 bridgehead atoms. The number of hydrogen-bond acceptors (Lipinski definition) is 1. The maximum atomic E-state index is 11.8. The van der Waals surface area contributed by atoms with Crippen molar-refractivity contribution in [3.63, 3.8) is 0 Å². The minimum atomic E-state index is -0.231. The normalized spacial score (nSPS) is 12.6. The number of carbonyl (C=O) groups excluding carboxylic acids is 1. The van der Waals surface area contributed by atoms with Crippen molar-refractivity contribution < 1.29 is 4.79 Å². The monoisotopic (exact) mass is 250 g/mol. The van der Waals surface area contributed by atoms with E-state index in [4.69, 9.17) is 11.6 Å². The third-order valence-corrected chi connectivity index (χ3v) is 3.19. The fourth-order valence-corrected chi connectivity index (χ4v) is 2.17. The van der Waals surface area contributed by atoms with Gasteiger partial charge in [0.2, 0.25) is 5.91 Å². The minimum Gasteiger partial charge on any atom is -0.355 e. The van der Waals surface area contributed by atoms with Crippen LogP contribution in [0.5, 0.6) is 0 Å². The van der Waals surface area contributed by atoms with E-state index < -0.39 is 0 Å². The van der Waals surface area contributed by atoms with Crippen molar-refractivity contribution in [2.45, 2.75) is 19.9 Å². The summed E-state index contributed by atoms with van der Waals surface area (Å²) in [5.74, 6) is 0.0185. The molecule has 1 heterocycles. The Morgan fingerprint density at radius 3 is 2.94 bits per heavy atom. The number of aromatic nitrogens is 1. The van der Waals surface area contributed by atoms with E-state index in [0.29, 0.717) is 11.6 Å². The second kappa shape index (κ2) is 4.80. The van der Waals surface area contributed by atoms with Gasteiger partial charge in [0.25, 0.3) is 0 Å². The van der Waals surface area contributed by atoms with Gasteiger partial charge in [-0.05, 0) is 32.0 Å². The molecule has 0 aliphatic heterocycles. The Labute approximate surface area is 105 Å². The number of halogens is 1. The van der Waals surface area contributed by atoms with Crippen LogP contribution < -0.4 is 5.32 Å².